The Balaban J connectivity index is 1.11. The van der Waals surface area contributed by atoms with Crippen LogP contribution in [0.4, 0.5) is 5.69 Å². The third kappa shape index (κ3) is 5.19. The van der Waals surface area contributed by atoms with E-state index in [0.717, 1.165) is 38.5 Å². The fourth-order valence-electron chi connectivity index (χ4n) is 11.1. The van der Waals surface area contributed by atoms with Gasteiger partial charge in [0.05, 0.1) is 24.2 Å². The lowest BCUT2D eigenvalue weighted by atomic mass is 9.71. The van der Waals surface area contributed by atoms with Crippen molar-refractivity contribution < 1.29 is 0 Å². The Hall–Kier alpha value is -5.11. The van der Waals surface area contributed by atoms with Crippen molar-refractivity contribution in [2.45, 2.75) is 81.2 Å². The highest BCUT2D eigenvalue weighted by atomic mass is 15.4. The van der Waals surface area contributed by atoms with Gasteiger partial charge in [-0.3, -0.25) is 5.32 Å². The molecule has 0 fully saturated rings. The van der Waals surface area contributed by atoms with E-state index >= 15 is 0 Å². The zero-order valence-electron chi connectivity index (χ0n) is 30.6. The summed E-state index contributed by atoms with van der Waals surface area (Å²) in [7, 11) is 0. The fraction of sp³-hybridized carbons (Fsp3) is 0.327. The van der Waals surface area contributed by atoms with Gasteiger partial charge in [0.15, 0.2) is 0 Å². The molecule has 0 spiro atoms. The van der Waals surface area contributed by atoms with Crippen LogP contribution in [0.5, 0.6) is 0 Å². The molecular weight excluding hydrogens is 645 g/mol. The molecule has 0 saturated carbocycles. The maximum Gasteiger partial charge on any atom is 0.101 e. The van der Waals surface area contributed by atoms with Crippen LogP contribution in [0.2, 0.25) is 0 Å². The molecule has 5 aliphatic carbocycles. The van der Waals surface area contributed by atoms with Crippen LogP contribution < -0.4 is 10.2 Å². The van der Waals surface area contributed by atoms with Gasteiger partial charge in [-0.2, -0.15) is 5.26 Å². The van der Waals surface area contributed by atoms with Gasteiger partial charge >= 0.3 is 0 Å². The van der Waals surface area contributed by atoms with Gasteiger partial charge in [-0.1, -0.05) is 139 Å². The first kappa shape index (κ1) is 32.5. The van der Waals surface area contributed by atoms with Crippen LogP contribution in [-0.4, -0.2) is 28.8 Å². The number of nitriles is 1. The number of allylic oxidation sites excluding steroid dienone is 14. The second-order valence-electron chi connectivity index (χ2n) is 16.2. The molecule has 0 bridgehead atoms. The Morgan fingerprint density at radius 3 is 2.55 bits per heavy atom. The molecule has 2 aromatic carbocycles. The number of hydrogen-bond donors (Lipinski definition) is 1. The van der Waals surface area contributed by atoms with Crippen molar-refractivity contribution in [2.75, 3.05) is 4.90 Å². The van der Waals surface area contributed by atoms with Gasteiger partial charge in [0.25, 0.3) is 0 Å². The molecule has 4 heteroatoms. The van der Waals surface area contributed by atoms with Crippen molar-refractivity contribution in [1.29, 1.82) is 5.26 Å². The van der Waals surface area contributed by atoms with Gasteiger partial charge in [0.2, 0.25) is 0 Å². The normalized spacial score (nSPS) is 34.7. The first-order valence-electron chi connectivity index (χ1n) is 19.9. The lowest BCUT2D eigenvalue weighted by Gasteiger charge is -2.51. The van der Waals surface area contributed by atoms with Crippen LogP contribution in [0.15, 0.2) is 163 Å². The van der Waals surface area contributed by atoms with Gasteiger partial charge in [0, 0.05) is 47.0 Å². The van der Waals surface area contributed by atoms with Crippen molar-refractivity contribution >= 4 is 11.3 Å². The van der Waals surface area contributed by atoms with E-state index in [-0.39, 0.29) is 41.7 Å². The smallest absolute Gasteiger partial charge is 0.101 e. The molecule has 0 radical (unpaired) electrons. The van der Waals surface area contributed by atoms with E-state index in [4.69, 9.17) is 0 Å². The van der Waals surface area contributed by atoms with Crippen LogP contribution in [0.1, 0.15) is 74.0 Å². The number of anilines is 1. The van der Waals surface area contributed by atoms with Crippen LogP contribution in [0.3, 0.4) is 0 Å². The van der Waals surface area contributed by atoms with Crippen LogP contribution in [0.25, 0.3) is 5.57 Å². The highest BCUT2D eigenvalue weighted by Gasteiger charge is 2.52. The Labute approximate surface area is 315 Å². The number of nitrogens with one attached hydrogen (secondary N) is 1. The summed E-state index contributed by atoms with van der Waals surface area (Å²) < 4.78 is 0. The summed E-state index contributed by atoms with van der Waals surface area (Å²) in [6.45, 7) is 2.54. The average Bonchev–Trinajstić information content (AvgIpc) is 3.70. The van der Waals surface area contributed by atoms with E-state index in [1.54, 1.807) is 5.70 Å². The number of hydrogen-bond acceptors (Lipinski definition) is 4. The van der Waals surface area contributed by atoms with E-state index in [1.807, 2.05) is 6.08 Å². The number of benzene rings is 2. The van der Waals surface area contributed by atoms with E-state index in [1.165, 1.54) is 39.1 Å². The van der Waals surface area contributed by atoms with Crippen molar-refractivity contribution in [2.24, 2.45) is 17.8 Å². The summed E-state index contributed by atoms with van der Waals surface area (Å²) in [5.74, 6) is 0.884. The predicted molar refractivity (Wildman–Crippen MR) is 216 cm³/mol. The van der Waals surface area contributed by atoms with Gasteiger partial charge in [0.1, 0.15) is 6.17 Å². The Morgan fingerprint density at radius 1 is 0.830 bits per heavy atom. The molecule has 3 heterocycles. The highest BCUT2D eigenvalue weighted by Crippen LogP contribution is 2.54. The fourth-order valence-corrected chi connectivity index (χ4v) is 11.1. The monoisotopic (exact) mass is 692 g/mol. The summed E-state index contributed by atoms with van der Waals surface area (Å²) in [6.07, 6.45) is 43.3. The lowest BCUT2D eigenvalue weighted by Crippen LogP contribution is -2.62. The van der Waals surface area contributed by atoms with Crippen LogP contribution in [-0.2, 0) is 0 Å². The SMILES string of the molecule is CC12CCC=CC1C1=C(CCC=C1)N2C1CC(c2ccccc2C2CC=CC=C2C2C=CC=CC2C#N)=CC(N2c3ccccc3C3C=CC=CC32)N1. The summed E-state index contributed by atoms with van der Waals surface area (Å²) >= 11 is 0. The summed E-state index contributed by atoms with van der Waals surface area (Å²) in [4.78, 5) is 5.54. The minimum absolute atomic E-state index is 0.00437. The first-order chi connectivity index (χ1) is 26.1. The molecule has 8 aliphatic rings. The zero-order chi connectivity index (χ0) is 35.5. The third-order valence-electron chi connectivity index (χ3n) is 13.5. The Bertz CT molecular complexity index is 2180. The Morgan fingerprint density at radius 2 is 1.64 bits per heavy atom. The minimum atomic E-state index is -0.152. The van der Waals surface area contributed by atoms with E-state index < -0.39 is 0 Å². The molecule has 0 saturated heterocycles. The van der Waals surface area contributed by atoms with Crippen LogP contribution in [0, 0.1) is 29.1 Å². The quantitative estimate of drug-likeness (QED) is 0.317. The van der Waals surface area contributed by atoms with Gasteiger partial charge in [-0.25, -0.2) is 0 Å². The maximum absolute atomic E-state index is 10.2. The first-order valence-corrected chi connectivity index (χ1v) is 19.9. The van der Waals surface area contributed by atoms with E-state index in [9.17, 15) is 5.26 Å². The summed E-state index contributed by atoms with van der Waals surface area (Å²) in [5.41, 5.74) is 11.3. The van der Waals surface area contributed by atoms with Crippen molar-refractivity contribution in [3.8, 4) is 6.07 Å². The van der Waals surface area contributed by atoms with Crippen molar-refractivity contribution in [1.82, 2.24) is 10.2 Å². The lowest BCUT2D eigenvalue weighted by molar-refractivity contribution is 0.0597. The molecular formula is C49H48N4. The average molecular weight is 693 g/mol. The number of fused-ring (bicyclic) bond motifs is 5. The standard InChI is InChI=1S/C49H48N4/c1-49-29-15-14-25-43(49)42-24-10-13-28-46(42)53(49)48-31-34(30-47(51-48)52-44-26-11-8-22-40(44)41-23-9-12-27-45(41)52)36-18-4-5-20-38(36)39-21-7-6-19-37(39)35-17-3-2-16-33(35)32-50/h2-12,14,16-20,22-27,30,33,35,39-40,43-44,47-48,51H,13,15,21,28-29,31H2,1H3. The molecule has 3 aliphatic heterocycles. The molecule has 2 aromatic rings. The Kier molecular flexibility index (Phi) is 8.03. The topological polar surface area (TPSA) is 42.3 Å². The summed E-state index contributed by atoms with van der Waals surface area (Å²) in [5, 5.41) is 14.5. The molecule has 9 atom stereocenters. The predicted octanol–water partition coefficient (Wildman–Crippen LogP) is 10.3. The van der Waals surface area contributed by atoms with E-state index in [0.29, 0.717) is 11.8 Å². The molecule has 4 nitrogen and oxygen atoms in total. The van der Waals surface area contributed by atoms with Crippen LogP contribution >= 0.6 is 0 Å². The highest BCUT2D eigenvalue weighted by molar-refractivity contribution is 5.74. The zero-order valence-corrected chi connectivity index (χ0v) is 30.6. The number of para-hydroxylation sites is 1. The van der Waals surface area contributed by atoms with Crippen molar-refractivity contribution in [3.05, 3.63) is 179 Å². The molecule has 10 rings (SSSR count). The molecule has 264 valence electrons. The minimum Gasteiger partial charge on any atom is -0.352 e. The molecule has 1 N–H and O–H groups in total. The third-order valence-corrected chi connectivity index (χ3v) is 13.5. The van der Waals surface area contributed by atoms with E-state index in [2.05, 4.69) is 168 Å². The van der Waals surface area contributed by atoms with Gasteiger partial charge in [-0.05, 0) is 79.0 Å². The van der Waals surface area contributed by atoms with Gasteiger partial charge in [-0.15, -0.1) is 0 Å². The van der Waals surface area contributed by atoms with Gasteiger partial charge < -0.3 is 9.80 Å². The second kappa shape index (κ2) is 13.1. The number of rotatable bonds is 5. The summed E-state index contributed by atoms with van der Waals surface area (Å²) in [6, 6.07) is 21.1. The molecule has 0 amide bonds. The molecule has 9 unspecified atom stereocenters. The molecule has 53 heavy (non-hydrogen) atoms. The number of nitrogens with zero attached hydrogens (tertiary/aromatic N) is 3. The molecule has 0 aromatic heterocycles. The maximum atomic E-state index is 10.2. The largest absolute Gasteiger partial charge is 0.352 e. The van der Waals surface area contributed by atoms with Crippen molar-refractivity contribution in [3.63, 3.8) is 0 Å². The second-order valence-corrected chi connectivity index (χ2v) is 16.2.